The van der Waals surface area contributed by atoms with Gasteiger partial charge in [0, 0.05) is 49.9 Å². The molecular formula is C27H26F6O10. The smallest absolute Gasteiger partial charge is 0.411 e. The summed E-state index contributed by atoms with van der Waals surface area (Å²) in [5.74, 6) is -5.72. The molecule has 16 heteroatoms. The number of phenolic OH excluding ortho intramolecular Hbond substituents is 2. The number of benzene rings is 2. The van der Waals surface area contributed by atoms with Crippen molar-refractivity contribution < 1.29 is 74.7 Å². The number of carbonyl (C=O) groups is 4. The molecule has 0 radical (unpaired) electrons. The van der Waals surface area contributed by atoms with Gasteiger partial charge in [-0.1, -0.05) is 0 Å². The molecule has 2 aromatic rings. The minimum absolute atomic E-state index is 0.320. The molecule has 0 heterocycles. The van der Waals surface area contributed by atoms with Crippen LogP contribution in [0, 0.1) is 0 Å². The van der Waals surface area contributed by atoms with Crippen LogP contribution in [0.5, 0.6) is 11.5 Å². The summed E-state index contributed by atoms with van der Waals surface area (Å²) < 4.78 is 109. The molecule has 0 aromatic heterocycles. The number of halogens is 6. The topological polar surface area (TPSA) is 146 Å². The normalized spacial score (nSPS) is 12.0. The van der Waals surface area contributed by atoms with Gasteiger partial charge in [-0.2, -0.15) is 26.3 Å². The van der Waals surface area contributed by atoms with Crippen molar-refractivity contribution in [2.75, 3.05) is 0 Å². The summed E-state index contributed by atoms with van der Waals surface area (Å²) in [5.41, 5.74) is -10.8. The number of rotatable bonds is 10. The molecule has 2 rings (SSSR count). The van der Waals surface area contributed by atoms with E-state index in [-0.39, 0.29) is 0 Å². The predicted molar refractivity (Wildman–Crippen MR) is 131 cm³/mol. The van der Waals surface area contributed by atoms with Gasteiger partial charge in [-0.05, 0) is 35.4 Å². The summed E-state index contributed by atoms with van der Waals surface area (Å²) in [6, 6.07) is 1.28. The van der Waals surface area contributed by atoms with Crippen molar-refractivity contribution in [2.24, 2.45) is 0 Å². The number of aromatic hydroxyl groups is 2. The number of hydrogen-bond acceptors (Lipinski definition) is 10. The second-order valence-electron chi connectivity index (χ2n) is 9.15. The fourth-order valence-corrected chi connectivity index (χ4v) is 4.09. The molecule has 10 nitrogen and oxygen atoms in total. The zero-order valence-corrected chi connectivity index (χ0v) is 23.1. The summed E-state index contributed by atoms with van der Waals surface area (Å²) in [6.45, 7) is -0.218. The van der Waals surface area contributed by atoms with Crippen LogP contribution in [0.1, 0.15) is 61.1 Å². The number of ether oxygens (including phenoxy) is 4. The van der Waals surface area contributed by atoms with Crippen LogP contribution in [-0.2, 0) is 70.0 Å². The second-order valence-corrected chi connectivity index (χ2v) is 9.15. The van der Waals surface area contributed by atoms with Crippen LogP contribution in [-0.4, -0.2) is 46.4 Å². The first-order valence-corrected chi connectivity index (χ1v) is 12.1. The Labute approximate surface area is 240 Å². The predicted octanol–water partition coefficient (Wildman–Crippen LogP) is 4.76. The number of phenols is 2. The van der Waals surface area contributed by atoms with E-state index in [1.807, 2.05) is 0 Å². The SMILES string of the molecule is CC(=O)OCc1cc(C(c2cc(COC(C)=O)c(O)c(COC(C)=O)c2)(C(F)(F)F)C(F)(F)F)cc(COC(C)=O)c1O. The van der Waals surface area contributed by atoms with E-state index in [0.29, 0.717) is 24.3 Å². The molecule has 0 unspecified atom stereocenters. The zero-order chi connectivity index (χ0) is 32.9. The standard InChI is InChI=1S/C27H26F6O10/c1-13(34)40-9-17-5-21(6-18(23(17)38)10-41-14(2)35)25(26(28,29)30,27(31,32)33)22-7-19(11-42-15(3)36)24(39)20(8-22)12-43-16(4)37/h5-8,38-39H,9-12H2,1-4H3. The van der Waals surface area contributed by atoms with Gasteiger partial charge in [0.05, 0.1) is 0 Å². The highest BCUT2D eigenvalue weighted by atomic mass is 19.4. The lowest BCUT2D eigenvalue weighted by atomic mass is 9.71. The zero-order valence-electron chi connectivity index (χ0n) is 23.1. The van der Waals surface area contributed by atoms with E-state index in [0.717, 1.165) is 27.7 Å². The molecule has 0 spiro atoms. The van der Waals surface area contributed by atoms with Crippen molar-refractivity contribution in [3.63, 3.8) is 0 Å². The first-order chi connectivity index (χ1) is 19.7. The summed E-state index contributed by atoms with van der Waals surface area (Å²) in [7, 11) is 0. The van der Waals surface area contributed by atoms with Gasteiger partial charge in [0.15, 0.2) is 0 Å². The van der Waals surface area contributed by atoms with Crippen molar-refractivity contribution >= 4 is 23.9 Å². The van der Waals surface area contributed by atoms with Crippen molar-refractivity contribution in [3.8, 4) is 11.5 Å². The van der Waals surface area contributed by atoms with Crippen molar-refractivity contribution in [2.45, 2.75) is 71.9 Å². The highest BCUT2D eigenvalue weighted by molar-refractivity contribution is 5.68. The number of carbonyl (C=O) groups excluding carboxylic acids is 4. The first kappa shape index (κ1) is 34.7. The molecule has 0 amide bonds. The van der Waals surface area contributed by atoms with Crippen LogP contribution in [0.2, 0.25) is 0 Å². The molecule has 0 bridgehead atoms. The summed E-state index contributed by atoms with van der Waals surface area (Å²) >= 11 is 0. The molecule has 2 N–H and O–H groups in total. The highest BCUT2D eigenvalue weighted by Crippen LogP contribution is 2.57. The number of alkyl halides is 6. The molecule has 0 aliphatic carbocycles. The number of esters is 4. The molecule has 0 fully saturated rings. The average molecular weight is 624 g/mol. The van der Waals surface area contributed by atoms with Crippen LogP contribution in [0.15, 0.2) is 24.3 Å². The molecule has 236 valence electrons. The van der Waals surface area contributed by atoms with E-state index in [9.17, 15) is 29.4 Å². The third-order valence-electron chi connectivity index (χ3n) is 5.98. The quantitative estimate of drug-likeness (QED) is 0.216. The Morgan fingerprint density at radius 2 is 0.744 bits per heavy atom. The van der Waals surface area contributed by atoms with Gasteiger partial charge in [-0.25, -0.2) is 0 Å². The Balaban J connectivity index is 3.10. The Morgan fingerprint density at radius 3 is 0.907 bits per heavy atom. The van der Waals surface area contributed by atoms with Gasteiger partial charge in [0.2, 0.25) is 5.41 Å². The van der Waals surface area contributed by atoms with E-state index in [1.54, 1.807) is 0 Å². The Morgan fingerprint density at radius 1 is 0.535 bits per heavy atom. The van der Waals surface area contributed by atoms with Gasteiger partial charge in [-0.15, -0.1) is 0 Å². The Hall–Kier alpha value is -4.50. The minimum atomic E-state index is -6.20. The van der Waals surface area contributed by atoms with E-state index in [4.69, 9.17) is 18.9 Å². The maximum absolute atomic E-state index is 15.0. The summed E-state index contributed by atoms with van der Waals surface area (Å²) in [5, 5.41) is 21.1. The lowest BCUT2D eigenvalue weighted by molar-refractivity contribution is -0.288. The molecular weight excluding hydrogens is 598 g/mol. The second kappa shape index (κ2) is 13.2. The molecule has 2 aromatic carbocycles. The molecule has 0 aliphatic heterocycles. The third kappa shape index (κ3) is 7.87. The van der Waals surface area contributed by atoms with E-state index in [1.165, 1.54) is 0 Å². The van der Waals surface area contributed by atoms with Gasteiger partial charge < -0.3 is 29.2 Å². The van der Waals surface area contributed by atoms with Crippen LogP contribution in [0.25, 0.3) is 0 Å². The van der Waals surface area contributed by atoms with Gasteiger partial charge in [0.25, 0.3) is 0 Å². The van der Waals surface area contributed by atoms with Gasteiger partial charge >= 0.3 is 36.2 Å². The minimum Gasteiger partial charge on any atom is -0.507 e. The van der Waals surface area contributed by atoms with Crippen LogP contribution >= 0.6 is 0 Å². The summed E-state index contributed by atoms with van der Waals surface area (Å²) in [4.78, 5) is 45.4. The monoisotopic (exact) mass is 624 g/mol. The Bertz CT molecular complexity index is 1210. The van der Waals surface area contributed by atoms with Crippen LogP contribution < -0.4 is 0 Å². The van der Waals surface area contributed by atoms with Gasteiger partial charge in [0.1, 0.15) is 37.9 Å². The molecule has 43 heavy (non-hydrogen) atoms. The van der Waals surface area contributed by atoms with E-state index in [2.05, 4.69) is 0 Å². The molecule has 0 saturated carbocycles. The molecule has 0 atom stereocenters. The average Bonchev–Trinajstić information content (AvgIpc) is 2.85. The van der Waals surface area contributed by atoms with Crippen molar-refractivity contribution in [1.82, 2.24) is 0 Å². The van der Waals surface area contributed by atoms with E-state index >= 15 is 26.3 Å². The fourth-order valence-electron chi connectivity index (χ4n) is 4.09. The summed E-state index contributed by atoms with van der Waals surface area (Å²) in [6.07, 6.45) is -12.4. The fraction of sp³-hybridized carbons (Fsp3) is 0.407. The highest BCUT2D eigenvalue weighted by Gasteiger charge is 2.73. The molecule has 0 saturated heterocycles. The maximum Gasteiger partial charge on any atom is 0.411 e. The van der Waals surface area contributed by atoms with Crippen LogP contribution in [0.3, 0.4) is 0 Å². The van der Waals surface area contributed by atoms with Crippen molar-refractivity contribution in [1.29, 1.82) is 0 Å². The van der Waals surface area contributed by atoms with Crippen molar-refractivity contribution in [3.05, 3.63) is 57.6 Å². The third-order valence-corrected chi connectivity index (χ3v) is 5.98. The first-order valence-electron chi connectivity index (χ1n) is 12.1. The van der Waals surface area contributed by atoms with Crippen LogP contribution in [0.4, 0.5) is 26.3 Å². The molecule has 0 aliphatic rings. The van der Waals surface area contributed by atoms with E-state index < -0.39 is 113 Å². The Kier molecular flexibility index (Phi) is 10.7. The lowest BCUT2D eigenvalue weighted by Crippen LogP contribution is -2.55. The lowest BCUT2D eigenvalue weighted by Gasteiger charge is -2.39. The maximum atomic E-state index is 15.0. The van der Waals surface area contributed by atoms with Gasteiger partial charge in [-0.3, -0.25) is 19.2 Å². The number of hydrogen-bond donors (Lipinski definition) is 2. The largest absolute Gasteiger partial charge is 0.507 e.